The first kappa shape index (κ1) is 12.1. The second-order valence-corrected chi connectivity index (χ2v) is 4.61. The van der Waals surface area contributed by atoms with E-state index in [0.29, 0.717) is 25.0 Å². The molecule has 17 heavy (non-hydrogen) atoms. The molecule has 0 saturated carbocycles. The van der Waals surface area contributed by atoms with Crippen LogP contribution >= 0.6 is 0 Å². The van der Waals surface area contributed by atoms with E-state index in [9.17, 15) is 4.79 Å². The van der Waals surface area contributed by atoms with Crippen molar-refractivity contribution >= 4 is 5.78 Å². The Morgan fingerprint density at radius 3 is 2.76 bits per heavy atom. The fraction of sp³-hybridized carbons (Fsp3) is 0.500. The van der Waals surface area contributed by atoms with Gasteiger partial charge in [-0.05, 0) is 36.6 Å². The summed E-state index contributed by atoms with van der Waals surface area (Å²) in [6, 6.07) is 5.62. The molecule has 92 valence electrons. The van der Waals surface area contributed by atoms with E-state index in [4.69, 9.17) is 10.5 Å². The predicted molar refractivity (Wildman–Crippen MR) is 67.5 cm³/mol. The predicted octanol–water partition coefficient (Wildman–Crippen LogP) is 2.32. The molecule has 0 bridgehead atoms. The van der Waals surface area contributed by atoms with Crippen LogP contribution in [-0.4, -0.2) is 17.9 Å². The molecule has 2 N–H and O–H groups in total. The normalized spacial score (nSPS) is 14.3. The third-order valence-corrected chi connectivity index (χ3v) is 3.67. The maximum Gasteiger partial charge on any atom is 0.182 e. The number of ether oxygens (including phenoxy) is 1. The van der Waals surface area contributed by atoms with Crippen molar-refractivity contribution in [3.05, 3.63) is 29.3 Å². The molecule has 0 atom stereocenters. The second kappa shape index (κ2) is 4.49. The first-order valence-corrected chi connectivity index (χ1v) is 6.20. The van der Waals surface area contributed by atoms with Crippen LogP contribution < -0.4 is 10.5 Å². The number of Topliss-reactive ketones (excluding diaryl/α,β-unsaturated/α-hetero) is 1. The molecule has 2 rings (SSSR count). The van der Waals surface area contributed by atoms with Gasteiger partial charge >= 0.3 is 0 Å². The smallest absolute Gasteiger partial charge is 0.182 e. The van der Waals surface area contributed by atoms with Crippen molar-refractivity contribution < 1.29 is 9.53 Å². The molecule has 0 fully saturated rings. The number of rotatable bonds is 4. The summed E-state index contributed by atoms with van der Waals surface area (Å²) in [7, 11) is 0. The Morgan fingerprint density at radius 1 is 1.41 bits per heavy atom. The van der Waals surface area contributed by atoms with Gasteiger partial charge in [0.2, 0.25) is 0 Å². The molecule has 1 aliphatic heterocycles. The topological polar surface area (TPSA) is 52.3 Å². The molecule has 0 aromatic heterocycles. The summed E-state index contributed by atoms with van der Waals surface area (Å²) in [5.41, 5.74) is 7.23. The van der Waals surface area contributed by atoms with Crippen molar-refractivity contribution in [2.75, 3.05) is 6.61 Å². The molecule has 1 aromatic rings. The van der Waals surface area contributed by atoms with Gasteiger partial charge in [-0.25, -0.2) is 0 Å². The monoisotopic (exact) mass is 233 g/mol. The Hall–Kier alpha value is -1.35. The van der Waals surface area contributed by atoms with Crippen LogP contribution in [0.5, 0.6) is 5.75 Å². The Kier molecular flexibility index (Phi) is 3.20. The van der Waals surface area contributed by atoms with Crippen LogP contribution in [0.1, 0.15) is 42.6 Å². The largest absolute Gasteiger partial charge is 0.493 e. The summed E-state index contributed by atoms with van der Waals surface area (Å²) in [5, 5.41) is 0. The van der Waals surface area contributed by atoms with E-state index >= 15 is 0 Å². The highest BCUT2D eigenvalue weighted by Crippen LogP contribution is 2.28. The van der Waals surface area contributed by atoms with Crippen LogP contribution in [0, 0.1) is 0 Å². The van der Waals surface area contributed by atoms with Crippen molar-refractivity contribution in [1.29, 1.82) is 0 Å². The van der Waals surface area contributed by atoms with Crippen molar-refractivity contribution in [1.82, 2.24) is 0 Å². The quantitative estimate of drug-likeness (QED) is 0.812. The van der Waals surface area contributed by atoms with Crippen molar-refractivity contribution in [3.63, 3.8) is 0 Å². The Balaban J connectivity index is 2.31. The van der Waals surface area contributed by atoms with Crippen LogP contribution in [0.15, 0.2) is 18.2 Å². The van der Waals surface area contributed by atoms with Gasteiger partial charge in [-0.2, -0.15) is 0 Å². The van der Waals surface area contributed by atoms with Crippen LogP contribution in [0.2, 0.25) is 0 Å². The summed E-state index contributed by atoms with van der Waals surface area (Å²) in [6.45, 7) is 4.62. The van der Waals surface area contributed by atoms with E-state index in [1.165, 1.54) is 0 Å². The minimum absolute atomic E-state index is 0.0391. The minimum Gasteiger partial charge on any atom is -0.493 e. The highest BCUT2D eigenvalue weighted by atomic mass is 16.5. The lowest BCUT2D eigenvalue weighted by molar-refractivity contribution is 0.0879. The summed E-state index contributed by atoms with van der Waals surface area (Å²) >= 11 is 0. The highest BCUT2D eigenvalue weighted by molar-refractivity contribution is 6.03. The fourth-order valence-electron chi connectivity index (χ4n) is 2.19. The number of carbonyl (C=O) groups excluding carboxylic acids is 1. The van der Waals surface area contributed by atoms with Gasteiger partial charge in [0, 0.05) is 12.0 Å². The van der Waals surface area contributed by atoms with Crippen LogP contribution in [0.3, 0.4) is 0 Å². The molecule has 0 saturated heterocycles. The molecule has 1 aliphatic rings. The summed E-state index contributed by atoms with van der Waals surface area (Å²) in [6.07, 6.45) is 2.21. The maximum atomic E-state index is 12.4. The summed E-state index contributed by atoms with van der Waals surface area (Å²) in [5.74, 6) is 0.939. The molecule has 0 radical (unpaired) electrons. The maximum absolute atomic E-state index is 12.4. The van der Waals surface area contributed by atoms with E-state index in [0.717, 1.165) is 17.7 Å². The number of fused-ring (bicyclic) bond motifs is 1. The van der Waals surface area contributed by atoms with Gasteiger partial charge in [0.05, 0.1) is 12.1 Å². The zero-order valence-corrected chi connectivity index (χ0v) is 10.5. The standard InChI is InChI=1S/C14H19NO2/c1-3-14(15,4-2)13(16)11-5-6-12-10(9-11)7-8-17-12/h5-6,9H,3-4,7-8,15H2,1-2H3. The Labute approximate surface area is 102 Å². The SMILES string of the molecule is CCC(N)(CC)C(=O)c1ccc2c(c1)CCO2. The van der Waals surface area contributed by atoms with Gasteiger partial charge in [-0.1, -0.05) is 13.8 Å². The van der Waals surface area contributed by atoms with Gasteiger partial charge in [-0.3, -0.25) is 4.79 Å². The molecule has 0 spiro atoms. The van der Waals surface area contributed by atoms with Crippen LogP contribution in [-0.2, 0) is 6.42 Å². The number of hydrogen-bond acceptors (Lipinski definition) is 3. The lowest BCUT2D eigenvalue weighted by Gasteiger charge is -2.25. The third-order valence-electron chi connectivity index (χ3n) is 3.67. The zero-order valence-electron chi connectivity index (χ0n) is 10.5. The Bertz CT molecular complexity index is 436. The minimum atomic E-state index is -0.728. The Morgan fingerprint density at radius 2 is 2.12 bits per heavy atom. The number of ketones is 1. The number of benzene rings is 1. The lowest BCUT2D eigenvalue weighted by atomic mass is 9.85. The second-order valence-electron chi connectivity index (χ2n) is 4.61. The average molecular weight is 233 g/mol. The molecule has 0 aliphatic carbocycles. The number of hydrogen-bond donors (Lipinski definition) is 1. The van der Waals surface area contributed by atoms with E-state index in [-0.39, 0.29) is 5.78 Å². The zero-order chi connectivity index (χ0) is 12.5. The average Bonchev–Trinajstić information content (AvgIpc) is 2.84. The number of nitrogens with two attached hydrogens (primary N) is 1. The van der Waals surface area contributed by atoms with E-state index in [1.54, 1.807) is 0 Å². The van der Waals surface area contributed by atoms with E-state index in [2.05, 4.69) is 0 Å². The van der Waals surface area contributed by atoms with Gasteiger partial charge in [0.15, 0.2) is 5.78 Å². The third kappa shape index (κ3) is 2.07. The molecule has 3 heteroatoms. The van der Waals surface area contributed by atoms with E-state index in [1.807, 2.05) is 32.0 Å². The van der Waals surface area contributed by atoms with Gasteiger partial charge < -0.3 is 10.5 Å². The van der Waals surface area contributed by atoms with Gasteiger partial charge in [0.1, 0.15) is 5.75 Å². The first-order chi connectivity index (χ1) is 8.10. The molecule has 3 nitrogen and oxygen atoms in total. The molecule has 0 unspecified atom stereocenters. The van der Waals surface area contributed by atoms with Gasteiger partial charge in [-0.15, -0.1) is 0 Å². The van der Waals surface area contributed by atoms with Crippen molar-refractivity contribution in [3.8, 4) is 5.75 Å². The molecule has 0 amide bonds. The molecular weight excluding hydrogens is 214 g/mol. The van der Waals surface area contributed by atoms with E-state index < -0.39 is 5.54 Å². The molecular formula is C14H19NO2. The summed E-state index contributed by atoms with van der Waals surface area (Å²) in [4.78, 5) is 12.4. The molecule has 1 aromatic carbocycles. The first-order valence-electron chi connectivity index (χ1n) is 6.20. The number of carbonyl (C=O) groups is 1. The van der Waals surface area contributed by atoms with Gasteiger partial charge in [0.25, 0.3) is 0 Å². The summed E-state index contributed by atoms with van der Waals surface area (Å²) < 4.78 is 5.43. The highest BCUT2D eigenvalue weighted by Gasteiger charge is 2.31. The van der Waals surface area contributed by atoms with Crippen molar-refractivity contribution in [2.24, 2.45) is 5.73 Å². The van der Waals surface area contributed by atoms with Crippen molar-refractivity contribution in [2.45, 2.75) is 38.6 Å². The van der Waals surface area contributed by atoms with Crippen LogP contribution in [0.25, 0.3) is 0 Å². The fourth-order valence-corrected chi connectivity index (χ4v) is 2.19. The lowest BCUT2D eigenvalue weighted by Crippen LogP contribution is -2.46. The van der Waals surface area contributed by atoms with Crippen LogP contribution in [0.4, 0.5) is 0 Å². The molecule has 1 heterocycles.